The quantitative estimate of drug-likeness (QED) is 0.163. The molecule has 0 unspecified atom stereocenters. The van der Waals surface area contributed by atoms with Crippen LogP contribution in [0.5, 0.6) is 5.75 Å². The molecule has 34 heavy (non-hydrogen) atoms. The fourth-order valence-electron chi connectivity index (χ4n) is 3.23. The number of nitrogens with two attached hydrogens (primary N) is 1. The number of halogens is 2. The summed E-state index contributed by atoms with van der Waals surface area (Å²) in [5, 5.41) is 3.73. The van der Waals surface area contributed by atoms with E-state index in [1.54, 1.807) is 17.0 Å². The number of nitrogens with zero attached hydrogens (tertiary/aromatic N) is 2. The number of benzene rings is 1. The molecule has 0 aromatic heterocycles. The molecule has 1 atom stereocenters. The van der Waals surface area contributed by atoms with E-state index in [1.165, 1.54) is 30.4 Å². The van der Waals surface area contributed by atoms with Crippen molar-refractivity contribution in [1.29, 1.82) is 0 Å². The number of carbonyl (C=O) groups is 1. The molecule has 2 rings (SSSR count). The Kier molecular flexibility index (Phi) is 17.9. The van der Waals surface area contributed by atoms with Crippen molar-refractivity contribution in [1.82, 2.24) is 4.90 Å². The summed E-state index contributed by atoms with van der Waals surface area (Å²) in [5.41, 5.74) is 6.17. The summed E-state index contributed by atoms with van der Waals surface area (Å²) < 4.78 is 30.9. The predicted molar refractivity (Wildman–Crippen MR) is 135 cm³/mol. The number of carbonyl (C=O) groups excluding carboxylic acids is 1. The number of hydrogen-bond acceptors (Lipinski definition) is 4. The third kappa shape index (κ3) is 12.4. The number of rotatable bonds is 8. The summed E-state index contributed by atoms with van der Waals surface area (Å²) >= 11 is 0. The van der Waals surface area contributed by atoms with Gasteiger partial charge in [-0.3, -0.25) is 4.79 Å². The monoisotopic (exact) mass is 481 g/mol. The van der Waals surface area contributed by atoms with Gasteiger partial charge in [0.05, 0.1) is 0 Å². The Morgan fingerprint density at radius 2 is 2.00 bits per heavy atom. The van der Waals surface area contributed by atoms with E-state index < -0.39 is 12.5 Å². The first-order valence-corrected chi connectivity index (χ1v) is 12.1. The lowest BCUT2D eigenvalue weighted by Crippen LogP contribution is -2.36. The average Bonchev–Trinajstić information content (AvgIpc) is 3.09. The van der Waals surface area contributed by atoms with Gasteiger partial charge in [0.15, 0.2) is 0 Å². The molecule has 2 N–H and O–H groups in total. The summed E-state index contributed by atoms with van der Waals surface area (Å²) in [5.74, 6) is -0.244. The van der Waals surface area contributed by atoms with Crippen molar-refractivity contribution in [3.8, 4) is 5.75 Å². The lowest BCUT2D eigenvalue weighted by molar-refractivity contribution is -0.127. The molecule has 0 bridgehead atoms. The van der Waals surface area contributed by atoms with E-state index in [9.17, 15) is 13.6 Å². The van der Waals surface area contributed by atoms with E-state index in [1.807, 2.05) is 34.6 Å². The second-order valence-electron chi connectivity index (χ2n) is 7.02. The summed E-state index contributed by atoms with van der Waals surface area (Å²) in [7, 11) is 0. The van der Waals surface area contributed by atoms with Gasteiger partial charge in [0.25, 0.3) is 5.91 Å². The van der Waals surface area contributed by atoms with Gasteiger partial charge >= 0.3 is 6.02 Å². The second-order valence-corrected chi connectivity index (χ2v) is 7.02. The van der Waals surface area contributed by atoms with Gasteiger partial charge < -0.3 is 20.2 Å². The number of oxime groups is 1. The molecule has 1 heterocycles. The topological polar surface area (TPSA) is 77.2 Å². The molecule has 0 saturated carbocycles. The molecule has 0 spiro atoms. The van der Waals surface area contributed by atoms with Crippen LogP contribution in [0.2, 0.25) is 0 Å². The minimum absolute atomic E-state index is 0.0789. The highest BCUT2D eigenvalue weighted by molar-refractivity contribution is 5.96. The smallest absolute Gasteiger partial charge is 0.326 e. The fraction of sp³-hybridized carbons (Fsp3) is 0.538. The van der Waals surface area contributed by atoms with Crippen LogP contribution in [0, 0.1) is 11.7 Å². The van der Waals surface area contributed by atoms with E-state index in [4.69, 9.17) is 15.3 Å². The molecule has 1 amide bonds. The number of likely N-dealkylation sites (tertiary alicyclic amines) is 1. The fourth-order valence-corrected chi connectivity index (χ4v) is 3.23. The Balaban J connectivity index is 0.00000258. The number of amides is 1. The molecule has 1 aromatic rings. The molecule has 192 valence electrons. The molecule has 1 aliphatic heterocycles. The summed E-state index contributed by atoms with van der Waals surface area (Å²) in [6, 6.07) is 5.31. The number of allylic oxidation sites excluding steroid dienone is 2. The minimum Gasteiger partial charge on any atom is -0.424 e. The third-order valence-corrected chi connectivity index (χ3v) is 4.60. The molecule has 1 aromatic carbocycles. The van der Waals surface area contributed by atoms with Crippen LogP contribution in [-0.2, 0) is 9.63 Å². The van der Waals surface area contributed by atoms with Crippen molar-refractivity contribution in [3.05, 3.63) is 53.9 Å². The van der Waals surface area contributed by atoms with Crippen molar-refractivity contribution < 1.29 is 23.1 Å². The zero-order valence-electron chi connectivity index (χ0n) is 21.2. The molecule has 6 nitrogen and oxygen atoms in total. The highest BCUT2D eigenvalue weighted by atomic mass is 19.1. The summed E-state index contributed by atoms with van der Waals surface area (Å²) in [6.07, 6.45) is 8.12. The van der Waals surface area contributed by atoms with Gasteiger partial charge in [-0.25, -0.2) is 8.78 Å². The SMILES string of the molecule is CC.CC.CC/C=C(\C=C/CF)C(=O)N1CCCC[C@H](CO/N=C(\N)Oc2cccc(F)c2)C1. The normalized spacial score (nSPS) is 16.6. The molecular weight excluding hydrogens is 440 g/mol. The number of alkyl halides is 1. The zero-order valence-corrected chi connectivity index (χ0v) is 21.2. The first kappa shape index (κ1) is 31.1. The number of amidine groups is 1. The largest absolute Gasteiger partial charge is 0.424 e. The standard InChI is InChI=1S/C22H29F2N3O3.2C2H6/c1-2-7-18(9-6-12-23)21(28)27-13-4-3-8-17(15-27)16-29-26-22(25)30-20-11-5-10-19(24)14-20;2*1-2/h5-7,9-11,14,17H,2-4,8,12-13,15-16H2,1H3,(H2,25,26);2*1-2H3/b9-6-,18-7+;;/t17-;;/m0../s1. The lowest BCUT2D eigenvalue weighted by atomic mass is 10.0. The Morgan fingerprint density at radius 3 is 2.65 bits per heavy atom. The number of hydrogen-bond donors (Lipinski definition) is 1. The van der Waals surface area contributed by atoms with Crippen molar-refractivity contribution in [2.24, 2.45) is 16.8 Å². The van der Waals surface area contributed by atoms with Crippen LogP contribution in [0.3, 0.4) is 0 Å². The van der Waals surface area contributed by atoms with E-state index in [2.05, 4.69) is 5.16 Å². The molecule has 8 heteroatoms. The van der Waals surface area contributed by atoms with Crippen LogP contribution in [0.25, 0.3) is 0 Å². The Labute approximate surface area is 203 Å². The molecule has 1 saturated heterocycles. The Hall–Kier alpha value is -2.90. The maximum Gasteiger partial charge on any atom is 0.326 e. The van der Waals surface area contributed by atoms with Crippen molar-refractivity contribution in [2.75, 3.05) is 26.4 Å². The van der Waals surface area contributed by atoms with Crippen molar-refractivity contribution in [2.45, 2.75) is 60.3 Å². The zero-order chi connectivity index (χ0) is 25.8. The van der Waals surface area contributed by atoms with Gasteiger partial charge in [0.2, 0.25) is 0 Å². The van der Waals surface area contributed by atoms with Crippen LogP contribution < -0.4 is 10.5 Å². The van der Waals surface area contributed by atoms with Gasteiger partial charge in [-0.1, -0.05) is 65.3 Å². The van der Waals surface area contributed by atoms with E-state index in [0.29, 0.717) is 25.1 Å². The number of ether oxygens (including phenoxy) is 1. The van der Waals surface area contributed by atoms with Crippen molar-refractivity contribution >= 4 is 11.9 Å². The summed E-state index contributed by atoms with van der Waals surface area (Å²) in [6.45, 7) is 10.8. The lowest BCUT2D eigenvalue weighted by Gasteiger charge is -2.24. The van der Waals surface area contributed by atoms with Crippen molar-refractivity contribution in [3.63, 3.8) is 0 Å². The minimum atomic E-state index is -0.609. The van der Waals surface area contributed by atoms with E-state index in [-0.39, 0.29) is 30.2 Å². The van der Waals surface area contributed by atoms with Gasteiger partial charge in [-0.2, -0.15) is 0 Å². The first-order valence-electron chi connectivity index (χ1n) is 12.1. The Bertz CT molecular complexity index is 782. The van der Waals surface area contributed by atoms with Crippen LogP contribution in [0.15, 0.2) is 53.2 Å². The van der Waals surface area contributed by atoms with Crippen LogP contribution >= 0.6 is 0 Å². The highest BCUT2D eigenvalue weighted by Crippen LogP contribution is 2.19. The highest BCUT2D eigenvalue weighted by Gasteiger charge is 2.24. The molecule has 0 radical (unpaired) electrons. The molecular formula is C26H41F2N3O3. The second kappa shape index (κ2) is 19.6. The van der Waals surface area contributed by atoms with Crippen LogP contribution in [-0.4, -0.2) is 43.2 Å². The first-order chi connectivity index (χ1) is 16.5. The van der Waals surface area contributed by atoms with Gasteiger partial charge in [0.1, 0.15) is 24.8 Å². The summed E-state index contributed by atoms with van der Waals surface area (Å²) in [4.78, 5) is 20.0. The molecule has 0 aliphatic carbocycles. The molecule has 1 fully saturated rings. The van der Waals surface area contributed by atoms with Crippen LogP contribution in [0.4, 0.5) is 8.78 Å². The van der Waals surface area contributed by atoms with Gasteiger partial charge in [-0.05, 0) is 36.6 Å². The van der Waals surface area contributed by atoms with E-state index >= 15 is 0 Å². The van der Waals surface area contributed by atoms with Gasteiger partial charge in [0, 0.05) is 30.6 Å². The third-order valence-electron chi connectivity index (χ3n) is 4.60. The maximum absolute atomic E-state index is 13.2. The predicted octanol–water partition coefficient (Wildman–Crippen LogP) is 5.99. The average molecular weight is 482 g/mol. The molecule has 1 aliphatic rings. The maximum atomic E-state index is 13.2. The Morgan fingerprint density at radius 1 is 1.26 bits per heavy atom. The van der Waals surface area contributed by atoms with Gasteiger partial charge in [-0.15, -0.1) is 0 Å². The van der Waals surface area contributed by atoms with E-state index in [0.717, 1.165) is 19.3 Å². The van der Waals surface area contributed by atoms with Crippen LogP contribution in [0.1, 0.15) is 60.3 Å².